The van der Waals surface area contributed by atoms with E-state index in [1.807, 2.05) is 32.0 Å². The molecule has 154 valence electrons. The lowest BCUT2D eigenvalue weighted by atomic mass is 10.0. The first-order chi connectivity index (χ1) is 13.8. The minimum atomic E-state index is -0.500. The molecule has 0 heterocycles. The summed E-state index contributed by atoms with van der Waals surface area (Å²) in [5.74, 6) is -0.207. The summed E-state index contributed by atoms with van der Waals surface area (Å²) in [7, 11) is 1.57. The first-order valence-electron chi connectivity index (χ1n) is 9.34. The largest absolute Gasteiger partial charge is 0.497 e. The van der Waals surface area contributed by atoms with Crippen molar-refractivity contribution in [2.45, 2.75) is 33.2 Å². The van der Waals surface area contributed by atoms with Gasteiger partial charge in [-0.2, -0.15) is 0 Å². The quantitative estimate of drug-likeness (QED) is 0.638. The SMILES string of the molecule is COc1ccc([C@H](CC(=O)NCC(=O)Nc2c(C)cccc2C)NC(C)=O)cc1. The number of para-hydroxylation sites is 1. The summed E-state index contributed by atoms with van der Waals surface area (Å²) in [6, 6.07) is 12.4. The Morgan fingerprint density at radius 1 is 0.966 bits per heavy atom. The van der Waals surface area contributed by atoms with Crippen molar-refractivity contribution in [3.05, 3.63) is 59.2 Å². The van der Waals surface area contributed by atoms with Crippen molar-refractivity contribution in [2.24, 2.45) is 0 Å². The summed E-state index contributed by atoms with van der Waals surface area (Å²) < 4.78 is 5.13. The third-order valence-electron chi connectivity index (χ3n) is 4.48. The number of hydrogen-bond donors (Lipinski definition) is 3. The van der Waals surface area contributed by atoms with Gasteiger partial charge < -0.3 is 20.7 Å². The van der Waals surface area contributed by atoms with Gasteiger partial charge in [-0.05, 0) is 42.7 Å². The number of aryl methyl sites for hydroxylation is 2. The fraction of sp³-hybridized carbons (Fsp3) is 0.318. The van der Waals surface area contributed by atoms with Gasteiger partial charge in [-0.25, -0.2) is 0 Å². The van der Waals surface area contributed by atoms with Gasteiger partial charge in [0.15, 0.2) is 0 Å². The smallest absolute Gasteiger partial charge is 0.243 e. The standard InChI is InChI=1S/C22H27N3O4/c1-14-6-5-7-15(2)22(14)25-21(28)13-23-20(27)12-19(24-16(3)26)17-8-10-18(29-4)11-9-17/h5-11,19H,12-13H2,1-4H3,(H,23,27)(H,24,26)(H,25,28)/t19-/m0/s1. The molecular formula is C22H27N3O4. The molecule has 0 aliphatic carbocycles. The molecule has 2 aromatic rings. The Kier molecular flexibility index (Phi) is 7.77. The van der Waals surface area contributed by atoms with Gasteiger partial charge in [0.05, 0.1) is 26.1 Å². The van der Waals surface area contributed by atoms with Gasteiger partial charge in [0, 0.05) is 12.6 Å². The van der Waals surface area contributed by atoms with Crippen molar-refractivity contribution < 1.29 is 19.1 Å². The zero-order valence-electron chi connectivity index (χ0n) is 17.2. The molecule has 7 heteroatoms. The molecule has 0 fully saturated rings. The van der Waals surface area contributed by atoms with Crippen molar-refractivity contribution in [1.82, 2.24) is 10.6 Å². The van der Waals surface area contributed by atoms with Gasteiger partial charge in [-0.3, -0.25) is 14.4 Å². The molecule has 2 aromatic carbocycles. The average Bonchev–Trinajstić information content (AvgIpc) is 2.68. The van der Waals surface area contributed by atoms with Crippen LogP contribution in [0.3, 0.4) is 0 Å². The van der Waals surface area contributed by atoms with Gasteiger partial charge in [-0.1, -0.05) is 30.3 Å². The average molecular weight is 397 g/mol. The Labute approximate surface area is 170 Å². The van der Waals surface area contributed by atoms with Gasteiger partial charge in [0.25, 0.3) is 0 Å². The van der Waals surface area contributed by atoms with E-state index < -0.39 is 6.04 Å². The lowest BCUT2D eigenvalue weighted by molar-refractivity contribution is -0.125. The number of rotatable bonds is 8. The first kappa shape index (κ1) is 21.9. The van der Waals surface area contributed by atoms with Gasteiger partial charge in [-0.15, -0.1) is 0 Å². The van der Waals surface area contributed by atoms with Crippen molar-refractivity contribution in [3.63, 3.8) is 0 Å². The molecule has 0 aromatic heterocycles. The maximum absolute atomic E-state index is 12.4. The predicted octanol–water partition coefficient (Wildman–Crippen LogP) is 2.63. The second-order valence-electron chi connectivity index (χ2n) is 6.82. The number of carbonyl (C=O) groups excluding carboxylic acids is 3. The zero-order valence-corrected chi connectivity index (χ0v) is 17.2. The molecule has 29 heavy (non-hydrogen) atoms. The zero-order chi connectivity index (χ0) is 21.4. The molecule has 0 saturated carbocycles. The molecule has 3 N–H and O–H groups in total. The van der Waals surface area contributed by atoms with Crippen LogP contribution in [0.1, 0.15) is 36.1 Å². The molecule has 0 unspecified atom stereocenters. The summed E-state index contributed by atoms with van der Waals surface area (Å²) in [6.45, 7) is 5.07. The Hall–Kier alpha value is -3.35. The van der Waals surface area contributed by atoms with E-state index in [0.29, 0.717) is 5.75 Å². The van der Waals surface area contributed by atoms with Crippen LogP contribution in [0.4, 0.5) is 5.69 Å². The monoisotopic (exact) mass is 397 g/mol. The number of methoxy groups -OCH3 is 1. The van der Waals surface area contributed by atoms with Crippen molar-refractivity contribution in [2.75, 3.05) is 19.0 Å². The lowest BCUT2D eigenvalue weighted by Crippen LogP contribution is -2.36. The Balaban J connectivity index is 1.95. The number of anilines is 1. The third kappa shape index (κ3) is 6.64. The summed E-state index contributed by atoms with van der Waals surface area (Å²) in [6.07, 6.45) is 0.0164. The maximum Gasteiger partial charge on any atom is 0.243 e. The number of hydrogen-bond acceptors (Lipinski definition) is 4. The maximum atomic E-state index is 12.4. The predicted molar refractivity (Wildman–Crippen MR) is 112 cm³/mol. The molecule has 0 bridgehead atoms. The fourth-order valence-corrected chi connectivity index (χ4v) is 2.97. The fourth-order valence-electron chi connectivity index (χ4n) is 2.97. The second kappa shape index (κ2) is 10.3. The summed E-state index contributed by atoms with van der Waals surface area (Å²) in [5, 5.41) is 8.20. The molecule has 3 amide bonds. The lowest BCUT2D eigenvalue weighted by Gasteiger charge is -2.18. The van der Waals surface area contributed by atoms with E-state index in [0.717, 1.165) is 22.4 Å². The van der Waals surface area contributed by atoms with Crippen LogP contribution < -0.4 is 20.7 Å². The highest BCUT2D eigenvalue weighted by atomic mass is 16.5. The highest BCUT2D eigenvalue weighted by Crippen LogP contribution is 2.21. The highest BCUT2D eigenvalue weighted by Gasteiger charge is 2.18. The van der Waals surface area contributed by atoms with Crippen LogP contribution in [0.5, 0.6) is 5.75 Å². The number of carbonyl (C=O) groups is 3. The number of benzene rings is 2. The van der Waals surface area contributed by atoms with Crippen LogP contribution in [-0.2, 0) is 14.4 Å². The van der Waals surface area contributed by atoms with Gasteiger partial charge >= 0.3 is 0 Å². The Morgan fingerprint density at radius 3 is 2.14 bits per heavy atom. The molecule has 2 rings (SSSR count). The molecule has 0 radical (unpaired) electrons. The van der Waals surface area contributed by atoms with Crippen LogP contribution in [0.25, 0.3) is 0 Å². The van der Waals surface area contributed by atoms with E-state index in [-0.39, 0.29) is 30.7 Å². The first-order valence-corrected chi connectivity index (χ1v) is 9.34. The number of ether oxygens (including phenoxy) is 1. The van der Waals surface area contributed by atoms with E-state index in [4.69, 9.17) is 4.74 Å². The molecule has 1 atom stereocenters. The van der Waals surface area contributed by atoms with E-state index >= 15 is 0 Å². The Bertz CT molecular complexity index is 858. The summed E-state index contributed by atoms with van der Waals surface area (Å²) in [5.41, 5.74) is 3.43. The normalized spacial score (nSPS) is 11.3. The van der Waals surface area contributed by atoms with Crippen molar-refractivity contribution in [1.29, 1.82) is 0 Å². The number of amides is 3. The summed E-state index contributed by atoms with van der Waals surface area (Å²) in [4.78, 5) is 36.1. The Morgan fingerprint density at radius 2 is 1.59 bits per heavy atom. The third-order valence-corrected chi connectivity index (χ3v) is 4.48. The van der Waals surface area contributed by atoms with E-state index in [9.17, 15) is 14.4 Å². The van der Waals surface area contributed by atoms with Crippen LogP contribution in [0.15, 0.2) is 42.5 Å². The molecule has 0 saturated heterocycles. The second-order valence-corrected chi connectivity index (χ2v) is 6.82. The molecule has 0 spiro atoms. The van der Waals surface area contributed by atoms with Gasteiger partial charge in [0.2, 0.25) is 17.7 Å². The molecule has 0 aliphatic rings. The van der Waals surface area contributed by atoms with Crippen molar-refractivity contribution in [3.8, 4) is 5.75 Å². The van der Waals surface area contributed by atoms with E-state index in [1.165, 1.54) is 6.92 Å². The summed E-state index contributed by atoms with van der Waals surface area (Å²) >= 11 is 0. The van der Waals surface area contributed by atoms with Gasteiger partial charge in [0.1, 0.15) is 5.75 Å². The molecule has 0 aliphatic heterocycles. The molecular weight excluding hydrogens is 370 g/mol. The van der Waals surface area contributed by atoms with Crippen LogP contribution in [-0.4, -0.2) is 31.4 Å². The minimum Gasteiger partial charge on any atom is -0.497 e. The topological polar surface area (TPSA) is 96.5 Å². The van der Waals surface area contributed by atoms with Crippen molar-refractivity contribution >= 4 is 23.4 Å². The van der Waals surface area contributed by atoms with Crippen LogP contribution in [0.2, 0.25) is 0 Å². The number of nitrogens with one attached hydrogen (secondary N) is 3. The minimum absolute atomic E-state index is 0.0164. The van der Waals surface area contributed by atoms with Crippen LogP contribution in [0, 0.1) is 13.8 Å². The highest BCUT2D eigenvalue weighted by molar-refractivity contribution is 5.95. The van der Waals surface area contributed by atoms with E-state index in [1.54, 1.807) is 31.4 Å². The molecule has 7 nitrogen and oxygen atoms in total. The van der Waals surface area contributed by atoms with E-state index in [2.05, 4.69) is 16.0 Å². The van der Waals surface area contributed by atoms with Crippen LogP contribution >= 0.6 is 0 Å².